The fourth-order valence-electron chi connectivity index (χ4n) is 2.58. The summed E-state index contributed by atoms with van der Waals surface area (Å²) in [4.78, 5) is 15.9. The molecule has 2 aromatic carbocycles. The lowest BCUT2D eigenvalue weighted by Crippen LogP contribution is -2.13. The van der Waals surface area contributed by atoms with Crippen molar-refractivity contribution in [3.8, 4) is 17.1 Å². The molecule has 0 saturated heterocycles. The molecule has 1 aromatic heterocycles. The number of hydrogen-bond acceptors (Lipinski definition) is 4. The number of benzene rings is 2. The van der Waals surface area contributed by atoms with Crippen LogP contribution >= 0.6 is 0 Å². The summed E-state index contributed by atoms with van der Waals surface area (Å²) >= 11 is 0. The molecule has 0 bridgehead atoms. The maximum absolute atomic E-state index is 11.6. The normalized spacial score (nSPS) is 10.8. The van der Waals surface area contributed by atoms with Crippen LogP contribution in [0, 0.1) is 0 Å². The third-order valence-electron chi connectivity index (χ3n) is 3.93. The molecule has 6 heteroatoms. The molecule has 0 aliphatic heterocycles. The van der Waals surface area contributed by atoms with Crippen LogP contribution in [0.25, 0.3) is 17.1 Å². The zero-order valence-corrected chi connectivity index (χ0v) is 14.8. The average molecular weight is 350 g/mol. The smallest absolute Gasteiger partial charge is 0.288 e. The SMILES string of the molecule is CCCCOCc1cccc(-n2nc(C(N)=O)nc2-c2ccccc2)c1. The van der Waals surface area contributed by atoms with Crippen LogP contribution in [0.1, 0.15) is 35.9 Å². The molecule has 0 atom stereocenters. The molecule has 0 aliphatic rings. The van der Waals surface area contributed by atoms with Crippen molar-refractivity contribution in [2.24, 2.45) is 5.73 Å². The molecule has 26 heavy (non-hydrogen) atoms. The Balaban J connectivity index is 1.94. The van der Waals surface area contributed by atoms with Gasteiger partial charge >= 0.3 is 0 Å². The highest BCUT2D eigenvalue weighted by molar-refractivity contribution is 5.89. The summed E-state index contributed by atoms with van der Waals surface area (Å²) in [7, 11) is 0. The van der Waals surface area contributed by atoms with Crippen molar-refractivity contribution in [1.29, 1.82) is 0 Å². The molecule has 0 spiro atoms. The van der Waals surface area contributed by atoms with Gasteiger partial charge in [0.05, 0.1) is 12.3 Å². The number of nitrogens with two attached hydrogens (primary N) is 1. The third kappa shape index (κ3) is 4.15. The number of hydrogen-bond donors (Lipinski definition) is 1. The first-order valence-electron chi connectivity index (χ1n) is 8.68. The molecule has 3 rings (SSSR count). The minimum absolute atomic E-state index is 0.00606. The number of amides is 1. The van der Waals surface area contributed by atoms with Crippen molar-refractivity contribution < 1.29 is 9.53 Å². The van der Waals surface area contributed by atoms with Gasteiger partial charge in [-0.3, -0.25) is 4.79 Å². The van der Waals surface area contributed by atoms with E-state index < -0.39 is 5.91 Å². The van der Waals surface area contributed by atoms with Crippen LogP contribution in [0.2, 0.25) is 0 Å². The highest BCUT2D eigenvalue weighted by Crippen LogP contribution is 2.22. The van der Waals surface area contributed by atoms with Gasteiger partial charge in [-0.1, -0.05) is 55.8 Å². The van der Waals surface area contributed by atoms with Gasteiger partial charge in [0.15, 0.2) is 5.82 Å². The number of nitrogens with zero attached hydrogens (tertiary/aromatic N) is 3. The van der Waals surface area contributed by atoms with E-state index in [2.05, 4.69) is 17.0 Å². The third-order valence-corrected chi connectivity index (χ3v) is 3.93. The van der Waals surface area contributed by atoms with E-state index in [-0.39, 0.29) is 5.82 Å². The number of rotatable bonds is 8. The Kier molecular flexibility index (Phi) is 5.76. The Bertz CT molecular complexity index is 875. The highest BCUT2D eigenvalue weighted by Gasteiger charge is 2.16. The minimum atomic E-state index is -0.653. The van der Waals surface area contributed by atoms with Crippen molar-refractivity contribution in [2.75, 3.05) is 6.61 Å². The lowest BCUT2D eigenvalue weighted by atomic mass is 10.2. The van der Waals surface area contributed by atoms with Gasteiger partial charge in [0.25, 0.3) is 5.91 Å². The fraction of sp³-hybridized carbons (Fsp3) is 0.250. The van der Waals surface area contributed by atoms with Gasteiger partial charge in [0.1, 0.15) is 0 Å². The summed E-state index contributed by atoms with van der Waals surface area (Å²) in [6.07, 6.45) is 2.15. The second kappa shape index (κ2) is 8.40. The number of carbonyl (C=O) groups excluding carboxylic acids is 1. The predicted octanol–water partition coefficient (Wildman–Crippen LogP) is 3.35. The summed E-state index contributed by atoms with van der Waals surface area (Å²) in [5.41, 5.74) is 8.08. The van der Waals surface area contributed by atoms with E-state index in [0.29, 0.717) is 12.4 Å². The average Bonchev–Trinajstić information content (AvgIpc) is 3.12. The lowest BCUT2D eigenvalue weighted by molar-refractivity contribution is 0.0990. The minimum Gasteiger partial charge on any atom is -0.377 e. The zero-order valence-electron chi connectivity index (χ0n) is 14.8. The van der Waals surface area contributed by atoms with Gasteiger partial charge in [0.2, 0.25) is 5.82 Å². The summed E-state index contributed by atoms with van der Waals surface area (Å²) in [5, 5.41) is 4.30. The molecular weight excluding hydrogens is 328 g/mol. The molecule has 2 N–H and O–H groups in total. The first kappa shape index (κ1) is 17.8. The Hall–Kier alpha value is -2.99. The van der Waals surface area contributed by atoms with E-state index in [1.165, 1.54) is 0 Å². The van der Waals surface area contributed by atoms with E-state index in [9.17, 15) is 4.79 Å². The van der Waals surface area contributed by atoms with Crippen LogP contribution in [0.5, 0.6) is 0 Å². The molecule has 0 saturated carbocycles. The fourth-order valence-corrected chi connectivity index (χ4v) is 2.58. The van der Waals surface area contributed by atoms with Gasteiger partial charge in [-0.25, -0.2) is 9.67 Å². The summed E-state index contributed by atoms with van der Waals surface area (Å²) < 4.78 is 7.33. The van der Waals surface area contributed by atoms with Crippen LogP contribution in [-0.4, -0.2) is 27.3 Å². The number of primary amides is 1. The maximum atomic E-state index is 11.6. The monoisotopic (exact) mass is 350 g/mol. The van der Waals surface area contributed by atoms with Crippen molar-refractivity contribution in [3.05, 3.63) is 66.0 Å². The van der Waals surface area contributed by atoms with E-state index in [1.807, 2.05) is 54.6 Å². The predicted molar refractivity (Wildman–Crippen MR) is 99.9 cm³/mol. The zero-order chi connectivity index (χ0) is 18.4. The molecule has 0 fully saturated rings. The van der Waals surface area contributed by atoms with Crippen molar-refractivity contribution in [3.63, 3.8) is 0 Å². The number of unbranched alkanes of at least 4 members (excludes halogenated alkanes) is 1. The first-order valence-corrected chi connectivity index (χ1v) is 8.68. The lowest BCUT2D eigenvalue weighted by Gasteiger charge is -2.09. The van der Waals surface area contributed by atoms with Crippen molar-refractivity contribution in [2.45, 2.75) is 26.4 Å². The van der Waals surface area contributed by atoms with Gasteiger partial charge in [-0.05, 0) is 24.1 Å². The van der Waals surface area contributed by atoms with Crippen LogP contribution in [0.4, 0.5) is 0 Å². The van der Waals surface area contributed by atoms with Crippen LogP contribution < -0.4 is 5.73 Å². The van der Waals surface area contributed by atoms with Crippen LogP contribution in [0.3, 0.4) is 0 Å². The molecule has 1 heterocycles. The summed E-state index contributed by atoms with van der Waals surface area (Å²) in [5.74, 6) is -0.0862. The van der Waals surface area contributed by atoms with Gasteiger partial charge in [-0.2, -0.15) is 0 Å². The van der Waals surface area contributed by atoms with Crippen LogP contribution in [-0.2, 0) is 11.3 Å². The van der Waals surface area contributed by atoms with Crippen LogP contribution in [0.15, 0.2) is 54.6 Å². The highest BCUT2D eigenvalue weighted by atomic mass is 16.5. The number of aromatic nitrogens is 3. The first-order chi connectivity index (χ1) is 12.7. The maximum Gasteiger partial charge on any atom is 0.288 e. The number of ether oxygens (including phenoxy) is 1. The Morgan fingerprint density at radius 3 is 2.69 bits per heavy atom. The molecule has 0 unspecified atom stereocenters. The number of carbonyl (C=O) groups is 1. The molecular formula is C20H22N4O2. The van der Waals surface area contributed by atoms with Gasteiger partial charge < -0.3 is 10.5 Å². The second-order valence-corrected chi connectivity index (χ2v) is 5.98. The quantitative estimate of drug-likeness (QED) is 0.632. The van der Waals surface area contributed by atoms with E-state index >= 15 is 0 Å². The van der Waals surface area contributed by atoms with Gasteiger partial charge in [0, 0.05) is 12.2 Å². The largest absolute Gasteiger partial charge is 0.377 e. The summed E-state index contributed by atoms with van der Waals surface area (Å²) in [6.45, 7) is 3.41. The summed E-state index contributed by atoms with van der Waals surface area (Å²) in [6, 6.07) is 17.4. The topological polar surface area (TPSA) is 83.0 Å². The molecule has 1 amide bonds. The van der Waals surface area contributed by atoms with Gasteiger partial charge in [-0.15, -0.1) is 5.10 Å². The van der Waals surface area contributed by atoms with E-state index in [4.69, 9.17) is 10.5 Å². The standard InChI is InChI=1S/C20H22N4O2/c1-2-3-12-26-14-15-8-7-11-17(13-15)24-20(16-9-5-4-6-10-16)22-19(23-24)18(21)25/h4-11,13H,2-3,12,14H2,1H3,(H2,21,25). The molecule has 6 nitrogen and oxygen atoms in total. The molecule has 0 radical (unpaired) electrons. The Morgan fingerprint density at radius 2 is 1.96 bits per heavy atom. The van der Waals surface area contributed by atoms with Crippen molar-refractivity contribution in [1.82, 2.24) is 14.8 Å². The second-order valence-electron chi connectivity index (χ2n) is 5.98. The molecule has 3 aromatic rings. The van der Waals surface area contributed by atoms with Crippen molar-refractivity contribution >= 4 is 5.91 Å². The Labute approximate surface area is 152 Å². The Morgan fingerprint density at radius 1 is 1.15 bits per heavy atom. The van der Waals surface area contributed by atoms with E-state index in [1.54, 1.807) is 4.68 Å². The van der Waals surface area contributed by atoms with E-state index in [0.717, 1.165) is 36.3 Å². The molecule has 0 aliphatic carbocycles. The molecule has 134 valence electrons.